The standard InChI is InChI=1S/C30H35BrClN3O6/c1-4-16(3)22(15-36)35-26(28(38)34-18-8-6-17(32)7-9-18)30-14-21(31)25(41-30)23(24(30)29(35)39)27(37)33-19-10-12-20(13-11-19)40-5-2/h6-13,16,21-26,36H,4-5,14-15H2,1-3H3,(H,33,37)(H,34,38)/t16-,21?,22-,23+,24-,25+,26?,30?/m0/s1. The highest BCUT2D eigenvalue weighted by Gasteiger charge is 2.77. The van der Waals surface area contributed by atoms with Crippen LogP contribution >= 0.6 is 27.5 Å². The number of benzene rings is 2. The Labute approximate surface area is 253 Å². The summed E-state index contributed by atoms with van der Waals surface area (Å²) >= 11 is 9.72. The Balaban J connectivity index is 1.50. The van der Waals surface area contributed by atoms with Gasteiger partial charge in [0.1, 0.15) is 17.4 Å². The Morgan fingerprint density at radius 1 is 1.12 bits per heavy atom. The molecule has 3 fully saturated rings. The summed E-state index contributed by atoms with van der Waals surface area (Å²) in [6.45, 7) is 6.01. The molecule has 3 amide bonds. The molecule has 2 bridgehead atoms. The number of likely N-dealkylation sites (tertiary alicyclic amines) is 1. The van der Waals surface area contributed by atoms with Gasteiger partial charge in [0.15, 0.2) is 0 Å². The van der Waals surface area contributed by atoms with Gasteiger partial charge in [0, 0.05) is 21.2 Å². The molecule has 2 aromatic carbocycles. The van der Waals surface area contributed by atoms with E-state index in [0.29, 0.717) is 41.6 Å². The molecule has 0 aliphatic carbocycles. The zero-order valence-electron chi connectivity index (χ0n) is 23.2. The molecule has 0 radical (unpaired) electrons. The Morgan fingerprint density at radius 2 is 1.73 bits per heavy atom. The van der Waals surface area contributed by atoms with Gasteiger partial charge in [0.05, 0.1) is 37.2 Å². The highest BCUT2D eigenvalue weighted by molar-refractivity contribution is 9.09. The van der Waals surface area contributed by atoms with Gasteiger partial charge in [0.2, 0.25) is 17.7 Å². The average molecular weight is 649 g/mol. The van der Waals surface area contributed by atoms with Gasteiger partial charge < -0.3 is 30.1 Å². The smallest absolute Gasteiger partial charge is 0.250 e. The first-order valence-electron chi connectivity index (χ1n) is 14.0. The normalized spacial score (nSPS) is 29.7. The predicted octanol–water partition coefficient (Wildman–Crippen LogP) is 4.47. The molecule has 8 atom stereocenters. The van der Waals surface area contributed by atoms with Crippen molar-refractivity contribution in [2.24, 2.45) is 17.8 Å². The molecular formula is C30H35BrClN3O6. The highest BCUT2D eigenvalue weighted by Crippen LogP contribution is 2.60. The number of carbonyl (C=O) groups is 3. The van der Waals surface area contributed by atoms with Crippen molar-refractivity contribution < 1.29 is 29.0 Å². The second-order valence-corrected chi connectivity index (χ2v) is 12.6. The number of aliphatic hydroxyl groups is 1. The molecule has 3 unspecified atom stereocenters. The van der Waals surface area contributed by atoms with Crippen molar-refractivity contribution in [1.82, 2.24) is 4.90 Å². The van der Waals surface area contributed by atoms with Crippen LogP contribution in [0.1, 0.15) is 33.6 Å². The molecule has 3 N–H and O–H groups in total. The van der Waals surface area contributed by atoms with E-state index < -0.39 is 41.5 Å². The molecule has 11 heteroatoms. The number of rotatable bonds is 10. The van der Waals surface area contributed by atoms with Gasteiger partial charge >= 0.3 is 0 Å². The minimum atomic E-state index is -1.24. The maximum Gasteiger partial charge on any atom is 0.250 e. The molecule has 3 aliphatic heterocycles. The molecule has 220 valence electrons. The predicted molar refractivity (Wildman–Crippen MR) is 159 cm³/mol. The molecule has 2 aromatic rings. The number of alkyl halides is 1. The third-order valence-electron chi connectivity index (χ3n) is 8.67. The van der Waals surface area contributed by atoms with Crippen LogP contribution in [0.25, 0.3) is 0 Å². The lowest BCUT2D eigenvalue weighted by atomic mass is 9.70. The Kier molecular flexibility index (Phi) is 8.66. The van der Waals surface area contributed by atoms with E-state index >= 15 is 0 Å². The topological polar surface area (TPSA) is 117 Å². The van der Waals surface area contributed by atoms with Gasteiger partial charge in [-0.1, -0.05) is 47.8 Å². The molecule has 5 rings (SSSR count). The number of carbonyl (C=O) groups excluding carboxylic acids is 3. The van der Waals surface area contributed by atoms with E-state index in [9.17, 15) is 19.5 Å². The summed E-state index contributed by atoms with van der Waals surface area (Å²) in [4.78, 5) is 43.4. The largest absolute Gasteiger partial charge is 0.494 e. The van der Waals surface area contributed by atoms with Crippen LogP contribution in [-0.4, -0.2) is 69.6 Å². The van der Waals surface area contributed by atoms with Gasteiger partial charge in [-0.15, -0.1) is 0 Å². The van der Waals surface area contributed by atoms with Crippen molar-refractivity contribution in [3.05, 3.63) is 53.6 Å². The summed E-state index contributed by atoms with van der Waals surface area (Å²) in [5.74, 6) is -2.27. The number of nitrogens with one attached hydrogen (secondary N) is 2. The maximum atomic E-state index is 14.3. The third-order valence-corrected chi connectivity index (χ3v) is 9.76. The fourth-order valence-corrected chi connectivity index (χ4v) is 7.68. The summed E-state index contributed by atoms with van der Waals surface area (Å²) < 4.78 is 12.1. The zero-order valence-corrected chi connectivity index (χ0v) is 25.5. The van der Waals surface area contributed by atoms with Crippen LogP contribution in [0.15, 0.2) is 48.5 Å². The van der Waals surface area contributed by atoms with Gasteiger partial charge in [-0.2, -0.15) is 0 Å². The van der Waals surface area contributed by atoms with Gasteiger partial charge in [0.25, 0.3) is 0 Å². The molecule has 3 aliphatic rings. The van der Waals surface area contributed by atoms with Crippen LogP contribution < -0.4 is 15.4 Å². The lowest BCUT2D eigenvalue weighted by Gasteiger charge is -2.38. The third kappa shape index (κ3) is 5.24. The number of nitrogens with zero attached hydrogens (tertiary/aromatic N) is 1. The van der Waals surface area contributed by atoms with Crippen molar-refractivity contribution in [3.8, 4) is 5.75 Å². The SMILES string of the molecule is CCOc1ccc(NC(=O)[C@H]2[C@@H]3OC4(CC3Br)C(C(=O)Nc3ccc(Cl)cc3)N([C@@H](CO)[C@@H](C)CC)C(=O)[C@H]24)cc1. The van der Waals surface area contributed by atoms with E-state index in [4.69, 9.17) is 21.1 Å². The second-order valence-electron chi connectivity index (χ2n) is 11.0. The molecular weight excluding hydrogens is 614 g/mol. The fourth-order valence-electron chi connectivity index (χ4n) is 6.61. The average Bonchev–Trinajstić information content (AvgIpc) is 3.55. The number of fused-ring (bicyclic) bond motifs is 1. The molecule has 0 saturated carbocycles. The van der Waals surface area contributed by atoms with E-state index in [0.717, 1.165) is 0 Å². The molecule has 3 saturated heterocycles. The quantitative estimate of drug-likeness (QED) is 0.328. The molecule has 1 spiro atoms. The number of hydrogen-bond acceptors (Lipinski definition) is 6. The lowest BCUT2D eigenvalue weighted by Crippen LogP contribution is -2.57. The molecule has 0 aromatic heterocycles. The first-order valence-corrected chi connectivity index (χ1v) is 15.3. The van der Waals surface area contributed by atoms with Gasteiger partial charge in [-0.25, -0.2) is 0 Å². The number of halogens is 2. The summed E-state index contributed by atoms with van der Waals surface area (Å²) in [6, 6.07) is 12.0. The molecule has 41 heavy (non-hydrogen) atoms. The Morgan fingerprint density at radius 3 is 2.32 bits per heavy atom. The van der Waals surface area contributed by atoms with E-state index in [2.05, 4.69) is 26.6 Å². The number of anilines is 2. The van der Waals surface area contributed by atoms with E-state index in [1.165, 1.54) is 4.90 Å². The van der Waals surface area contributed by atoms with E-state index in [1.807, 2.05) is 20.8 Å². The number of hydrogen-bond donors (Lipinski definition) is 3. The van der Waals surface area contributed by atoms with Crippen molar-refractivity contribution in [2.75, 3.05) is 23.8 Å². The van der Waals surface area contributed by atoms with Crippen LogP contribution in [-0.2, 0) is 19.1 Å². The summed E-state index contributed by atoms with van der Waals surface area (Å²) in [6.07, 6.45) is 0.454. The minimum absolute atomic E-state index is 0.0990. The second kappa shape index (κ2) is 11.9. The highest BCUT2D eigenvalue weighted by atomic mass is 79.9. The van der Waals surface area contributed by atoms with Crippen molar-refractivity contribution >= 4 is 56.6 Å². The fraction of sp³-hybridized carbons (Fsp3) is 0.500. The van der Waals surface area contributed by atoms with Gasteiger partial charge in [-0.3, -0.25) is 14.4 Å². The lowest BCUT2D eigenvalue weighted by molar-refractivity contribution is -0.144. The first kappa shape index (κ1) is 29.8. The summed E-state index contributed by atoms with van der Waals surface area (Å²) in [5, 5.41) is 16.8. The van der Waals surface area contributed by atoms with Crippen LogP contribution in [0.3, 0.4) is 0 Å². The van der Waals surface area contributed by atoms with E-state index in [1.54, 1.807) is 48.5 Å². The minimum Gasteiger partial charge on any atom is -0.494 e. The van der Waals surface area contributed by atoms with Crippen LogP contribution in [0, 0.1) is 17.8 Å². The summed E-state index contributed by atoms with van der Waals surface area (Å²) in [5.41, 5.74) is -0.161. The maximum absolute atomic E-state index is 14.3. The zero-order chi connectivity index (χ0) is 29.5. The monoisotopic (exact) mass is 647 g/mol. The number of ether oxygens (including phenoxy) is 2. The summed E-state index contributed by atoms with van der Waals surface area (Å²) in [7, 11) is 0. The van der Waals surface area contributed by atoms with Crippen molar-refractivity contribution in [2.45, 2.75) is 62.2 Å². The first-order chi connectivity index (χ1) is 19.6. The number of aliphatic hydroxyl groups excluding tert-OH is 1. The van der Waals surface area contributed by atoms with Crippen molar-refractivity contribution in [3.63, 3.8) is 0 Å². The molecule has 9 nitrogen and oxygen atoms in total. The Hall–Kier alpha value is -2.66. The Bertz CT molecular complexity index is 1290. The van der Waals surface area contributed by atoms with Crippen LogP contribution in [0.4, 0.5) is 11.4 Å². The molecule has 3 heterocycles. The van der Waals surface area contributed by atoms with Crippen LogP contribution in [0.2, 0.25) is 5.02 Å². The van der Waals surface area contributed by atoms with Gasteiger partial charge in [-0.05, 0) is 67.8 Å². The van der Waals surface area contributed by atoms with Crippen LogP contribution in [0.5, 0.6) is 5.75 Å². The number of amides is 3. The van der Waals surface area contributed by atoms with E-state index in [-0.39, 0.29) is 29.2 Å². The van der Waals surface area contributed by atoms with Crippen molar-refractivity contribution in [1.29, 1.82) is 0 Å².